The summed E-state index contributed by atoms with van der Waals surface area (Å²) in [6.07, 6.45) is 0. The zero-order valence-corrected chi connectivity index (χ0v) is 12.4. The molecular formula is C14H15FN2O3S. The lowest BCUT2D eigenvalue weighted by Gasteiger charge is -2.11. The lowest BCUT2D eigenvalue weighted by atomic mass is 10.2. The van der Waals surface area contributed by atoms with Gasteiger partial charge in [0, 0.05) is 6.07 Å². The molecule has 2 rings (SSSR count). The molecule has 2 aromatic rings. The van der Waals surface area contributed by atoms with Gasteiger partial charge in [0.25, 0.3) is 10.0 Å². The van der Waals surface area contributed by atoms with Gasteiger partial charge in [0.1, 0.15) is 11.6 Å². The van der Waals surface area contributed by atoms with Crippen LogP contribution in [-0.2, 0) is 10.0 Å². The summed E-state index contributed by atoms with van der Waals surface area (Å²) in [6, 6.07) is 8.21. The van der Waals surface area contributed by atoms with Crippen molar-refractivity contribution in [1.82, 2.24) is 0 Å². The molecule has 0 bridgehead atoms. The van der Waals surface area contributed by atoms with Crippen molar-refractivity contribution < 1.29 is 17.5 Å². The van der Waals surface area contributed by atoms with Crippen molar-refractivity contribution in [2.75, 3.05) is 17.6 Å². The first-order valence-corrected chi connectivity index (χ1v) is 7.54. The number of benzene rings is 2. The molecule has 0 aromatic heterocycles. The highest BCUT2D eigenvalue weighted by atomic mass is 32.2. The molecule has 0 amide bonds. The summed E-state index contributed by atoms with van der Waals surface area (Å²) in [6.45, 7) is 1.60. The van der Waals surface area contributed by atoms with Gasteiger partial charge in [-0.05, 0) is 36.8 Å². The Morgan fingerprint density at radius 1 is 1.19 bits per heavy atom. The normalized spacial score (nSPS) is 11.2. The summed E-state index contributed by atoms with van der Waals surface area (Å²) in [4.78, 5) is -0.0190. The minimum absolute atomic E-state index is 0.0190. The molecule has 112 valence electrons. The fourth-order valence-electron chi connectivity index (χ4n) is 1.73. The van der Waals surface area contributed by atoms with Crippen molar-refractivity contribution >= 4 is 21.4 Å². The van der Waals surface area contributed by atoms with Gasteiger partial charge in [0.15, 0.2) is 0 Å². The van der Waals surface area contributed by atoms with Crippen LogP contribution in [0, 0.1) is 12.7 Å². The molecular weight excluding hydrogens is 295 g/mol. The maximum atomic E-state index is 13.5. The van der Waals surface area contributed by atoms with Gasteiger partial charge in [-0.3, -0.25) is 4.72 Å². The third-order valence-corrected chi connectivity index (χ3v) is 4.32. The Morgan fingerprint density at radius 2 is 1.90 bits per heavy atom. The Kier molecular flexibility index (Phi) is 4.04. The molecule has 21 heavy (non-hydrogen) atoms. The highest BCUT2D eigenvalue weighted by Gasteiger charge is 2.16. The number of nitrogens with one attached hydrogen (secondary N) is 1. The van der Waals surface area contributed by atoms with Crippen molar-refractivity contribution in [3.8, 4) is 5.75 Å². The van der Waals surface area contributed by atoms with E-state index in [9.17, 15) is 12.8 Å². The third-order valence-electron chi connectivity index (χ3n) is 2.94. The maximum Gasteiger partial charge on any atom is 0.262 e. The van der Waals surface area contributed by atoms with Gasteiger partial charge < -0.3 is 10.5 Å². The smallest absolute Gasteiger partial charge is 0.262 e. The lowest BCUT2D eigenvalue weighted by molar-refractivity contribution is 0.415. The highest BCUT2D eigenvalue weighted by molar-refractivity contribution is 7.92. The van der Waals surface area contributed by atoms with Gasteiger partial charge in [-0.1, -0.05) is 6.07 Å². The Balaban J connectivity index is 2.35. The molecule has 0 unspecified atom stereocenters. The first-order chi connectivity index (χ1) is 9.83. The van der Waals surface area contributed by atoms with Crippen LogP contribution < -0.4 is 15.2 Å². The topological polar surface area (TPSA) is 81.4 Å². The van der Waals surface area contributed by atoms with Crippen LogP contribution in [0.15, 0.2) is 41.3 Å². The summed E-state index contributed by atoms with van der Waals surface area (Å²) in [5.74, 6) is -0.224. The average molecular weight is 310 g/mol. The number of anilines is 2. The van der Waals surface area contributed by atoms with Crippen molar-refractivity contribution in [2.45, 2.75) is 11.8 Å². The van der Waals surface area contributed by atoms with Crippen LogP contribution in [0.4, 0.5) is 15.8 Å². The fourth-order valence-corrected chi connectivity index (χ4v) is 2.79. The average Bonchev–Trinajstić information content (AvgIpc) is 2.43. The molecule has 0 saturated carbocycles. The molecule has 0 aliphatic carbocycles. The van der Waals surface area contributed by atoms with Gasteiger partial charge in [-0.2, -0.15) is 0 Å². The molecule has 0 aliphatic heterocycles. The highest BCUT2D eigenvalue weighted by Crippen LogP contribution is 2.26. The van der Waals surface area contributed by atoms with Crippen molar-refractivity contribution in [3.05, 3.63) is 47.8 Å². The van der Waals surface area contributed by atoms with E-state index in [1.54, 1.807) is 6.92 Å². The second-order valence-corrected chi connectivity index (χ2v) is 6.16. The van der Waals surface area contributed by atoms with Crippen molar-refractivity contribution in [2.24, 2.45) is 0 Å². The summed E-state index contributed by atoms with van der Waals surface area (Å²) in [5, 5.41) is 0. The molecule has 0 fully saturated rings. The standard InChI is InChI=1S/C14H15FN2O3S/c1-9-3-4-10(7-12(9)15)17-21(18,19)11-5-6-13(16)14(8-11)20-2/h3-8,17H,16H2,1-2H3. The van der Waals surface area contributed by atoms with E-state index in [0.29, 0.717) is 11.3 Å². The molecule has 5 nitrogen and oxygen atoms in total. The number of halogens is 1. The molecule has 0 heterocycles. The van der Waals surface area contributed by atoms with E-state index in [1.165, 1.54) is 37.4 Å². The SMILES string of the molecule is COc1cc(S(=O)(=O)Nc2ccc(C)c(F)c2)ccc1N. The van der Waals surface area contributed by atoms with Crippen LogP contribution in [0.2, 0.25) is 0 Å². The molecule has 0 saturated heterocycles. The number of nitrogen functional groups attached to an aromatic ring is 1. The molecule has 2 aromatic carbocycles. The predicted octanol–water partition coefficient (Wildman–Crippen LogP) is 2.53. The Labute approximate surface area is 122 Å². The largest absolute Gasteiger partial charge is 0.495 e. The first-order valence-electron chi connectivity index (χ1n) is 6.06. The summed E-state index contributed by atoms with van der Waals surface area (Å²) >= 11 is 0. The van der Waals surface area contributed by atoms with Crippen LogP contribution >= 0.6 is 0 Å². The van der Waals surface area contributed by atoms with Gasteiger partial charge in [0.2, 0.25) is 0 Å². The number of aryl methyl sites for hydroxylation is 1. The van der Waals surface area contributed by atoms with Crippen molar-refractivity contribution in [3.63, 3.8) is 0 Å². The van der Waals surface area contributed by atoms with E-state index in [4.69, 9.17) is 10.5 Å². The summed E-state index contributed by atoms with van der Waals surface area (Å²) < 4.78 is 45.2. The van der Waals surface area contributed by atoms with E-state index >= 15 is 0 Å². The molecule has 3 N–H and O–H groups in total. The predicted molar refractivity (Wildman–Crippen MR) is 79.4 cm³/mol. The maximum absolute atomic E-state index is 13.5. The Morgan fingerprint density at radius 3 is 2.52 bits per heavy atom. The van der Waals surface area contributed by atoms with E-state index < -0.39 is 15.8 Å². The minimum Gasteiger partial charge on any atom is -0.495 e. The summed E-state index contributed by atoms with van der Waals surface area (Å²) in [5.41, 5.74) is 6.56. The number of hydrogen-bond acceptors (Lipinski definition) is 4. The second kappa shape index (κ2) is 5.61. The third kappa shape index (κ3) is 3.25. The number of sulfonamides is 1. The number of hydrogen-bond donors (Lipinski definition) is 2. The summed E-state index contributed by atoms with van der Waals surface area (Å²) in [7, 11) is -2.45. The molecule has 0 atom stereocenters. The number of nitrogens with two attached hydrogens (primary N) is 1. The van der Waals surface area contributed by atoms with Crippen LogP contribution in [-0.4, -0.2) is 15.5 Å². The lowest BCUT2D eigenvalue weighted by Crippen LogP contribution is -2.13. The fraction of sp³-hybridized carbons (Fsp3) is 0.143. The van der Waals surface area contributed by atoms with Gasteiger partial charge >= 0.3 is 0 Å². The Hall–Kier alpha value is -2.28. The van der Waals surface area contributed by atoms with Gasteiger partial charge in [-0.15, -0.1) is 0 Å². The van der Waals surface area contributed by atoms with E-state index in [0.717, 1.165) is 6.07 Å². The molecule has 7 heteroatoms. The van der Waals surface area contributed by atoms with Crippen molar-refractivity contribution in [1.29, 1.82) is 0 Å². The number of ether oxygens (including phenoxy) is 1. The molecule has 0 spiro atoms. The monoisotopic (exact) mass is 310 g/mol. The molecule has 0 aliphatic rings. The first kappa shape index (κ1) is 15.1. The van der Waals surface area contributed by atoms with Crippen LogP contribution in [0.5, 0.6) is 5.75 Å². The van der Waals surface area contributed by atoms with Crippen LogP contribution in [0.25, 0.3) is 0 Å². The second-order valence-electron chi connectivity index (χ2n) is 4.47. The van der Waals surface area contributed by atoms with E-state index in [-0.39, 0.29) is 16.3 Å². The zero-order valence-electron chi connectivity index (χ0n) is 11.6. The zero-order chi connectivity index (χ0) is 15.6. The number of rotatable bonds is 4. The minimum atomic E-state index is -3.84. The molecule has 0 radical (unpaired) electrons. The Bertz CT molecular complexity index is 776. The quantitative estimate of drug-likeness (QED) is 0.850. The van der Waals surface area contributed by atoms with Gasteiger partial charge in [0.05, 0.1) is 23.4 Å². The van der Waals surface area contributed by atoms with Gasteiger partial charge in [-0.25, -0.2) is 12.8 Å². The van der Waals surface area contributed by atoms with E-state index in [1.807, 2.05) is 0 Å². The number of methoxy groups -OCH3 is 1. The van der Waals surface area contributed by atoms with Crippen LogP contribution in [0.3, 0.4) is 0 Å². The van der Waals surface area contributed by atoms with Crippen LogP contribution in [0.1, 0.15) is 5.56 Å². The van der Waals surface area contributed by atoms with E-state index in [2.05, 4.69) is 4.72 Å².